The average Bonchev–Trinajstić information content (AvgIpc) is 2.87. The monoisotopic (exact) mass is 219 g/mol. The van der Waals surface area contributed by atoms with Gasteiger partial charge in [0.15, 0.2) is 0 Å². The molecule has 4 nitrogen and oxygen atoms in total. The van der Waals surface area contributed by atoms with Crippen LogP contribution in [0.15, 0.2) is 28.9 Å². The van der Waals surface area contributed by atoms with Crippen molar-refractivity contribution in [1.82, 2.24) is 15.1 Å². The lowest BCUT2D eigenvalue weighted by molar-refractivity contribution is 0.507. The zero-order valence-corrected chi connectivity index (χ0v) is 9.73. The van der Waals surface area contributed by atoms with E-state index in [1.165, 1.54) is 0 Å². The third-order valence-electron chi connectivity index (χ3n) is 2.38. The van der Waals surface area contributed by atoms with Gasteiger partial charge in [-0.05, 0) is 25.6 Å². The highest BCUT2D eigenvalue weighted by atomic mass is 16.3. The van der Waals surface area contributed by atoms with Gasteiger partial charge in [0.1, 0.15) is 11.5 Å². The van der Waals surface area contributed by atoms with E-state index in [-0.39, 0.29) is 0 Å². The maximum atomic E-state index is 5.69. The van der Waals surface area contributed by atoms with Crippen molar-refractivity contribution >= 4 is 0 Å². The standard InChI is InChI=1S/C12H17N3O/c1-3-6-15-9-10(7-14-15)12-5-4-11(16-12)8-13-2/h4-5,7,9,13H,3,6,8H2,1-2H3. The smallest absolute Gasteiger partial charge is 0.137 e. The fraction of sp³-hybridized carbons (Fsp3) is 0.417. The molecule has 2 heterocycles. The Morgan fingerprint density at radius 1 is 1.44 bits per heavy atom. The van der Waals surface area contributed by atoms with Crippen molar-refractivity contribution in [3.8, 4) is 11.3 Å². The van der Waals surface area contributed by atoms with Crippen molar-refractivity contribution in [2.45, 2.75) is 26.4 Å². The summed E-state index contributed by atoms with van der Waals surface area (Å²) in [5.74, 6) is 1.83. The minimum atomic E-state index is 0.753. The fourth-order valence-electron chi connectivity index (χ4n) is 1.64. The molecule has 0 saturated heterocycles. The highest BCUT2D eigenvalue weighted by Crippen LogP contribution is 2.21. The Hall–Kier alpha value is -1.55. The zero-order valence-electron chi connectivity index (χ0n) is 9.73. The summed E-state index contributed by atoms with van der Waals surface area (Å²) in [6.07, 6.45) is 4.95. The summed E-state index contributed by atoms with van der Waals surface area (Å²) in [5, 5.41) is 7.34. The van der Waals surface area contributed by atoms with Gasteiger partial charge in [-0.3, -0.25) is 4.68 Å². The van der Waals surface area contributed by atoms with Gasteiger partial charge in [-0.1, -0.05) is 6.92 Å². The number of hydrogen-bond acceptors (Lipinski definition) is 3. The van der Waals surface area contributed by atoms with Crippen LogP contribution in [0.1, 0.15) is 19.1 Å². The van der Waals surface area contributed by atoms with Gasteiger partial charge in [-0.25, -0.2) is 0 Å². The number of furan rings is 1. The van der Waals surface area contributed by atoms with Crippen molar-refractivity contribution in [3.05, 3.63) is 30.3 Å². The largest absolute Gasteiger partial charge is 0.460 e. The van der Waals surface area contributed by atoms with Gasteiger partial charge in [-0.15, -0.1) is 0 Å². The fourth-order valence-corrected chi connectivity index (χ4v) is 1.64. The normalized spacial score (nSPS) is 10.9. The van der Waals surface area contributed by atoms with Crippen LogP contribution in [0.25, 0.3) is 11.3 Å². The van der Waals surface area contributed by atoms with Crippen LogP contribution in [-0.4, -0.2) is 16.8 Å². The van der Waals surface area contributed by atoms with Crippen molar-refractivity contribution in [2.24, 2.45) is 0 Å². The Bertz CT molecular complexity index is 402. The topological polar surface area (TPSA) is 43.0 Å². The lowest BCUT2D eigenvalue weighted by atomic mass is 10.3. The van der Waals surface area contributed by atoms with Gasteiger partial charge in [0.25, 0.3) is 0 Å². The van der Waals surface area contributed by atoms with Gasteiger partial charge in [0.2, 0.25) is 0 Å². The summed E-state index contributed by atoms with van der Waals surface area (Å²) in [7, 11) is 1.90. The van der Waals surface area contributed by atoms with E-state index in [1.54, 1.807) is 0 Å². The minimum absolute atomic E-state index is 0.753. The summed E-state index contributed by atoms with van der Waals surface area (Å²) in [5.41, 5.74) is 1.04. The van der Waals surface area contributed by atoms with E-state index in [0.717, 1.165) is 36.6 Å². The molecule has 0 aromatic carbocycles. The minimum Gasteiger partial charge on any atom is -0.460 e. The summed E-state index contributed by atoms with van der Waals surface area (Å²) >= 11 is 0. The lowest BCUT2D eigenvalue weighted by Crippen LogP contribution is -2.03. The van der Waals surface area contributed by atoms with Gasteiger partial charge in [-0.2, -0.15) is 5.10 Å². The predicted octanol–water partition coefficient (Wildman–Crippen LogP) is 2.27. The molecule has 0 aliphatic heterocycles. The Morgan fingerprint density at radius 3 is 3.06 bits per heavy atom. The highest BCUT2D eigenvalue weighted by molar-refractivity contribution is 5.55. The number of aromatic nitrogens is 2. The molecule has 0 radical (unpaired) electrons. The first kappa shape index (κ1) is 11.0. The molecule has 2 aromatic rings. The number of nitrogens with zero attached hydrogens (tertiary/aromatic N) is 2. The van der Waals surface area contributed by atoms with E-state index in [4.69, 9.17) is 4.42 Å². The van der Waals surface area contributed by atoms with Crippen molar-refractivity contribution < 1.29 is 4.42 Å². The highest BCUT2D eigenvalue weighted by Gasteiger charge is 2.06. The molecule has 0 aliphatic rings. The van der Waals surface area contributed by atoms with Crippen LogP contribution in [0, 0.1) is 0 Å². The number of nitrogens with one attached hydrogen (secondary N) is 1. The van der Waals surface area contributed by atoms with Crippen LogP contribution in [0.2, 0.25) is 0 Å². The maximum absolute atomic E-state index is 5.69. The van der Waals surface area contributed by atoms with Gasteiger partial charge >= 0.3 is 0 Å². The Balaban J connectivity index is 2.14. The molecule has 0 saturated carbocycles. The number of aryl methyl sites for hydroxylation is 1. The molecule has 86 valence electrons. The van der Waals surface area contributed by atoms with Gasteiger partial charge < -0.3 is 9.73 Å². The van der Waals surface area contributed by atoms with Crippen LogP contribution >= 0.6 is 0 Å². The van der Waals surface area contributed by atoms with E-state index in [0.29, 0.717) is 0 Å². The third-order valence-corrected chi connectivity index (χ3v) is 2.38. The van der Waals surface area contributed by atoms with E-state index in [1.807, 2.05) is 36.3 Å². The van der Waals surface area contributed by atoms with Crippen molar-refractivity contribution in [2.75, 3.05) is 7.05 Å². The Kier molecular flexibility index (Phi) is 3.41. The summed E-state index contributed by atoms with van der Waals surface area (Å²) < 4.78 is 7.63. The summed E-state index contributed by atoms with van der Waals surface area (Å²) in [6, 6.07) is 3.98. The molecule has 0 atom stereocenters. The second-order valence-corrected chi connectivity index (χ2v) is 3.79. The van der Waals surface area contributed by atoms with Gasteiger partial charge in [0.05, 0.1) is 18.3 Å². The second kappa shape index (κ2) is 4.99. The van der Waals surface area contributed by atoms with E-state index >= 15 is 0 Å². The molecule has 0 spiro atoms. The van der Waals surface area contributed by atoms with Crippen LogP contribution < -0.4 is 5.32 Å². The molecular formula is C12H17N3O. The molecule has 2 rings (SSSR count). The molecule has 0 fully saturated rings. The van der Waals surface area contributed by atoms with E-state index in [2.05, 4.69) is 17.3 Å². The molecule has 2 aromatic heterocycles. The maximum Gasteiger partial charge on any atom is 0.137 e. The number of hydrogen-bond donors (Lipinski definition) is 1. The molecule has 4 heteroatoms. The molecule has 1 N–H and O–H groups in total. The molecule has 0 unspecified atom stereocenters. The van der Waals surface area contributed by atoms with Gasteiger partial charge in [0, 0.05) is 12.7 Å². The van der Waals surface area contributed by atoms with Crippen LogP contribution in [0.5, 0.6) is 0 Å². The molecule has 0 bridgehead atoms. The summed E-state index contributed by atoms with van der Waals surface area (Å²) in [4.78, 5) is 0. The van der Waals surface area contributed by atoms with Crippen molar-refractivity contribution in [3.63, 3.8) is 0 Å². The third kappa shape index (κ3) is 2.33. The number of rotatable bonds is 5. The first-order chi connectivity index (χ1) is 7.83. The van der Waals surface area contributed by atoms with Crippen LogP contribution in [0.4, 0.5) is 0 Å². The zero-order chi connectivity index (χ0) is 11.4. The average molecular weight is 219 g/mol. The first-order valence-electron chi connectivity index (χ1n) is 5.59. The Morgan fingerprint density at radius 2 is 2.31 bits per heavy atom. The Labute approximate surface area is 95.3 Å². The van der Waals surface area contributed by atoms with Crippen LogP contribution in [0.3, 0.4) is 0 Å². The summed E-state index contributed by atoms with van der Waals surface area (Å²) in [6.45, 7) is 3.84. The molecule has 0 aliphatic carbocycles. The molecule has 0 amide bonds. The van der Waals surface area contributed by atoms with E-state index in [9.17, 15) is 0 Å². The molecule has 16 heavy (non-hydrogen) atoms. The predicted molar refractivity (Wildman–Crippen MR) is 63.0 cm³/mol. The lowest BCUT2D eigenvalue weighted by Gasteiger charge is -1.95. The van der Waals surface area contributed by atoms with E-state index < -0.39 is 0 Å². The van der Waals surface area contributed by atoms with Crippen LogP contribution in [-0.2, 0) is 13.1 Å². The molecular weight excluding hydrogens is 202 g/mol. The quantitative estimate of drug-likeness (QED) is 0.838. The second-order valence-electron chi connectivity index (χ2n) is 3.79. The SMILES string of the molecule is CCCn1cc(-c2ccc(CNC)o2)cn1. The first-order valence-corrected chi connectivity index (χ1v) is 5.59. The van der Waals surface area contributed by atoms with Crippen molar-refractivity contribution in [1.29, 1.82) is 0 Å².